The van der Waals surface area contributed by atoms with E-state index in [1.165, 1.54) is 31.4 Å². The van der Waals surface area contributed by atoms with E-state index in [0.29, 0.717) is 5.69 Å². The summed E-state index contributed by atoms with van der Waals surface area (Å²) in [6.07, 6.45) is 4.76. The molecule has 0 saturated carbocycles. The summed E-state index contributed by atoms with van der Waals surface area (Å²) in [6.45, 7) is 12.5. The molecule has 160 valence electrons. The van der Waals surface area contributed by atoms with Gasteiger partial charge in [0.15, 0.2) is 0 Å². The van der Waals surface area contributed by atoms with Crippen LogP contribution < -0.4 is 21.1 Å². The van der Waals surface area contributed by atoms with Gasteiger partial charge in [-0.15, -0.1) is 0 Å². The second kappa shape index (κ2) is 11.7. The van der Waals surface area contributed by atoms with Crippen molar-refractivity contribution in [3.8, 4) is 11.1 Å². The van der Waals surface area contributed by atoms with E-state index in [4.69, 9.17) is 5.84 Å². The number of hydrazine groups is 1. The van der Waals surface area contributed by atoms with Gasteiger partial charge in [0.2, 0.25) is 0 Å². The Kier molecular flexibility index (Phi) is 9.26. The predicted octanol–water partition coefficient (Wildman–Crippen LogP) is 6.03. The van der Waals surface area contributed by atoms with Crippen LogP contribution in [0.15, 0.2) is 36.4 Å². The lowest BCUT2D eigenvalue weighted by Crippen LogP contribution is -2.25. The van der Waals surface area contributed by atoms with E-state index in [-0.39, 0.29) is 5.82 Å². The van der Waals surface area contributed by atoms with Crippen molar-refractivity contribution in [3.63, 3.8) is 0 Å². The van der Waals surface area contributed by atoms with Gasteiger partial charge in [-0.2, -0.15) is 0 Å². The van der Waals surface area contributed by atoms with Crippen LogP contribution in [0.5, 0.6) is 0 Å². The maximum atomic E-state index is 14.5. The molecule has 0 aliphatic carbocycles. The Balaban J connectivity index is 2.40. The molecule has 0 radical (unpaired) electrons. The molecule has 0 fully saturated rings. The molecule has 0 bridgehead atoms. The van der Waals surface area contributed by atoms with Gasteiger partial charge in [0, 0.05) is 43.1 Å². The molecule has 0 aromatic heterocycles. The number of halogens is 1. The predicted molar refractivity (Wildman–Crippen MR) is 125 cm³/mol. The first kappa shape index (κ1) is 23.0. The average molecular weight is 401 g/mol. The number of rotatable bonds is 12. The van der Waals surface area contributed by atoms with Crippen molar-refractivity contribution in [3.05, 3.63) is 42.2 Å². The number of nitrogens with one attached hydrogen (secondary N) is 1. The minimum Gasteiger partial charge on any atom is -0.372 e. The zero-order valence-electron chi connectivity index (χ0n) is 18.5. The zero-order valence-corrected chi connectivity index (χ0v) is 18.5. The van der Waals surface area contributed by atoms with Crippen LogP contribution in [-0.4, -0.2) is 26.2 Å². The molecule has 0 aliphatic rings. The second-order valence-corrected chi connectivity index (χ2v) is 7.41. The maximum absolute atomic E-state index is 14.5. The molecule has 3 N–H and O–H groups in total. The summed E-state index contributed by atoms with van der Waals surface area (Å²) in [5.41, 5.74) is 6.93. The van der Waals surface area contributed by atoms with Crippen LogP contribution in [0.25, 0.3) is 11.1 Å². The molecule has 0 amide bonds. The lowest BCUT2D eigenvalue weighted by molar-refractivity contribution is 0.631. The van der Waals surface area contributed by atoms with Crippen LogP contribution in [0.2, 0.25) is 0 Å². The van der Waals surface area contributed by atoms with Crippen molar-refractivity contribution >= 4 is 17.1 Å². The lowest BCUT2D eigenvalue weighted by atomic mass is 10.0. The molecule has 0 spiro atoms. The summed E-state index contributed by atoms with van der Waals surface area (Å²) in [4.78, 5) is 4.68. The Labute approximate surface area is 175 Å². The first-order valence-corrected chi connectivity index (χ1v) is 11.0. The van der Waals surface area contributed by atoms with Crippen LogP contribution in [0, 0.1) is 5.82 Å². The van der Waals surface area contributed by atoms with E-state index in [9.17, 15) is 4.39 Å². The summed E-state index contributed by atoms with van der Waals surface area (Å²) >= 11 is 0. The van der Waals surface area contributed by atoms with Crippen LogP contribution >= 0.6 is 0 Å². The Morgan fingerprint density at radius 2 is 1.45 bits per heavy atom. The number of benzene rings is 2. The first-order valence-electron chi connectivity index (χ1n) is 11.0. The molecule has 2 aromatic rings. The van der Waals surface area contributed by atoms with E-state index >= 15 is 0 Å². The number of nitrogen functional groups attached to an aromatic ring is 1. The van der Waals surface area contributed by atoms with Crippen LogP contribution in [0.3, 0.4) is 0 Å². The van der Waals surface area contributed by atoms with Gasteiger partial charge in [0.05, 0.1) is 5.69 Å². The van der Waals surface area contributed by atoms with Crippen molar-refractivity contribution in [1.29, 1.82) is 0 Å². The quantitative estimate of drug-likeness (QED) is 0.337. The fourth-order valence-electron chi connectivity index (χ4n) is 3.65. The topological polar surface area (TPSA) is 44.5 Å². The summed E-state index contributed by atoms with van der Waals surface area (Å²) in [7, 11) is 0. The van der Waals surface area contributed by atoms with E-state index in [1.54, 1.807) is 12.1 Å². The minimum atomic E-state index is -0.338. The molecule has 0 atom stereocenters. The van der Waals surface area contributed by atoms with Gasteiger partial charge in [-0.05, 0) is 56.5 Å². The van der Waals surface area contributed by atoms with Crippen molar-refractivity contribution in [2.45, 2.75) is 53.4 Å². The largest absolute Gasteiger partial charge is 0.372 e. The first-order chi connectivity index (χ1) is 14.1. The number of hydrogen-bond acceptors (Lipinski definition) is 4. The molecule has 0 aliphatic heterocycles. The van der Waals surface area contributed by atoms with Crippen LogP contribution in [0.4, 0.5) is 21.5 Å². The normalized spacial score (nSPS) is 10.8. The number of unbranched alkanes of at least 4 members (excludes halogenated alkanes) is 2. The summed E-state index contributed by atoms with van der Waals surface area (Å²) in [6, 6.07) is 11.9. The summed E-state index contributed by atoms with van der Waals surface area (Å²) < 4.78 is 14.5. The zero-order chi connectivity index (χ0) is 21.2. The molecule has 0 heterocycles. The lowest BCUT2D eigenvalue weighted by Gasteiger charge is -2.27. The SMILES string of the molecule is CCCCN(CCCC)c1ccc(-c2cc(F)c(NN)cc2N(CC)CC)cc1. The van der Waals surface area contributed by atoms with Crippen molar-refractivity contribution in [1.82, 2.24) is 0 Å². The summed E-state index contributed by atoms with van der Waals surface area (Å²) in [5, 5.41) is 0. The standard InChI is InChI=1S/C24H37FN4/c1-5-9-15-29(16-10-6-2)20-13-11-19(12-14-20)21-17-22(25)23(27-26)18-24(21)28(7-3)8-4/h11-14,17-18,27H,5-10,15-16,26H2,1-4H3. The molecular formula is C24H37FN4. The fraction of sp³-hybridized carbons (Fsp3) is 0.500. The third-order valence-electron chi connectivity index (χ3n) is 5.45. The van der Waals surface area contributed by atoms with Crippen LogP contribution in [-0.2, 0) is 0 Å². The molecule has 2 rings (SSSR count). The van der Waals surface area contributed by atoms with Gasteiger partial charge in [-0.3, -0.25) is 5.84 Å². The smallest absolute Gasteiger partial charge is 0.148 e. The number of nitrogens with two attached hydrogens (primary N) is 1. The molecule has 29 heavy (non-hydrogen) atoms. The van der Waals surface area contributed by atoms with Crippen molar-refractivity contribution in [2.75, 3.05) is 41.4 Å². The highest BCUT2D eigenvalue weighted by molar-refractivity contribution is 5.82. The van der Waals surface area contributed by atoms with E-state index in [0.717, 1.165) is 43.0 Å². The van der Waals surface area contributed by atoms with Crippen molar-refractivity contribution in [2.24, 2.45) is 5.84 Å². The van der Waals surface area contributed by atoms with Gasteiger partial charge in [-0.1, -0.05) is 38.8 Å². The van der Waals surface area contributed by atoms with Crippen LogP contribution in [0.1, 0.15) is 53.4 Å². The van der Waals surface area contributed by atoms with Gasteiger partial charge >= 0.3 is 0 Å². The van der Waals surface area contributed by atoms with Gasteiger partial charge in [0.1, 0.15) is 5.82 Å². The monoisotopic (exact) mass is 400 g/mol. The van der Waals surface area contributed by atoms with Gasteiger partial charge in [0.25, 0.3) is 0 Å². The average Bonchev–Trinajstić information content (AvgIpc) is 2.75. The Hall–Kier alpha value is -2.27. The third kappa shape index (κ3) is 5.86. The maximum Gasteiger partial charge on any atom is 0.148 e. The molecular weight excluding hydrogens is 363 g/mol. The highest BCUT2D eigenvalue weighted by atomic mass is 19.1. The van der Waals surface area contributed by atoms with Gasteiger partial charge < -0.3 is 15.2 Å². The van der Waals surface area contributed by atoms with E-state index in [1.807, 2.05) is 0 Å². The Morgan fingerprint density at radius 3 is 1.93 bits per heavy atom. The number of nitrogens with zero attached hydrogens (tertiary/aromatic N) is 2. The molecule has 4 nitrogen and oxygen atoms in total. The van der Waals surface area contributed by atoms with Gasteiger partial charge in [-0.25, -0.2) is 4.39 Å². The van der Waals surface area contributed by atoms with E-state index in [2.05, 4.69) is 67.2 Å². The van der Waals surface area contributed by atoms with E-state index < -0.39 is 0 Å². The number of hydrogen-bond donors (Lipinski definition) is 2. The Bertz CT molecular complexity index is 733. The minimum absolute atomic E-state index is 0.317. The summed E-state index contributed by atoms with van der Waals surface area (Å²) in [5.74, 6) is 5.17. The number of anilines is 3. The Morgan fingerprint density at radius 1 is 0.862 bits per heavy atom. The fourth-order valence-corrected chi connectivity index (χ4v) is 3.65. The second-order valence-electron chi connectivity index (χ2n) is 7.41. The third-order valence-corrected chi connectivity index (χ3v) is 5.45. The molecule has 0 saturated heterocycles. The molecule has 5 heteroatoms. The molecule has 0 unspecified atom stereocenters. The highest BCUT2D eigenvalue weighted by Gasteiger charge is 2.15. The highest BCUT2D eigenvalue weighted by Crippen LogP contribution is 2.36. The molecule has 2 aromatic carbocycles. The van der Waals surface area contributed by atoms with Crippen molar-refractivity contribution < 1.29 is 4.39 Å².